The van der Waals surface area contributed by atoms with Gasteiger partial charge in [-0.3, -0.25) is 4.98 Å². The second-order valence-electron chi connectivity index (χ2n) is 4.65. The molecule has 2 N–H and O–H groups in total. The molecule has 0 aliphatic heterocycles. The molecule has 20 heavy (non-hydrogen) atoms. The van der Waals surface area contributed by atoms with E-state index in [4.69, 9.17) is 29.6 Å². The molecule has 0 bridgehead atoms. The summed E-state index contributed by atoms with van der Waals surface area (Å²) in [6.07, 6.45) is 0. The van der Waals surface area contributed by atoms with Crippen LogP contribution in [0.25, 0.3) is 0 Å². The van der Waals surface area contributed by atoms with Gasteiger partial charge in [-0.1, -0.05) is 29.9 Å². The summed E-state index contributed by atoms with van der Waals surface area (Å²) >= 11 is 11.1. The van der Waals surface area contributed by atoms with Crippen LogP contribution in [0, 0.1) is 6.92 Å². The number of rotatable bonds is 4. The van der Waals surface area contributed by atoms with E-state index in [1.807, 2.05) is 50.4 Å². The van der Waals surface area contributed by atoms with Gasteiger partial charge in [-0.15, -0.1) is 0 Å². The minimum absolute atomic E-state index is 0.310. The molecule has 104 valence electrons. The summed E-state index contributed by atoms with van der Waals surface area (Å²) in [4.78, 5) is 6.88. The average molecular weight is 306 g/mol. The third-order valence-electron chi connectivity index (χ3n) is 3.00. The number of pyridine rings is 1. The van der Waals surface area contributed by atoms with Crippen LogP contribution in [0.1, 0.15) is 17.0 Å². The third-order valence-corrected chi connectivity index (χ3v) is 3.54. The fourth-order valence-corrected chi connectivity index (χ4v) is 2.47. The molecule has 0 unspecified atom stereocenters. The topological polar surface area (TPSA) is 42.1 Å². The van der Waals surface area contributed by atoms with E-state index < -0.39 is 0 Å². The van der Waals surface area contributed by atoms with Gasteiger partial charge in [0.05, 0.1) is 17.3 Å². The Labute approximate surface area is 129 Å². The highest BCUT2D eigenvalue weighted by Gasteiger charge is 2.08. The molecule has 0 amide bonds. The second kappa shape index (κ2) is 6.20. The number of aryl methyl sites for hydroxylation is 1. The maximum atomic E-state index is 6.19. The standard InChI is InChI=1S/C15H16ClN3S/c1-10-4-3-5-11(18-10)9-19(2)12-6-7-13(15(17)20)14(16)8-12/h3-8H,9H2,1-2H3,(H2,17,20). The van der Waals surface area contributed by atoms with Crippen molar-refractivity contribution in [1.82, 2.24) is 4.98 Å². The predicted molar refractivity (Wildman–Crippen MR) is 88.4 cm³/mol. The molecule has 5 heteroatoms. The van der Waals surface area contributed by atoms with Crippen LogP contribution in [-0.2, 0) is 6.54 Å². The third kappa shape index (κ3) is 3.46. The molecule has 1 aromatic carbocycles. The molecule has 2 rings (SSSR count). The first-order valence-corrected chi connectivity index (χ1v) is 6.99. The SMILES string of the molecule is Cc1cccc(CN(C)c2ccc(C(N)=S)c(Cl)c2)n1. The average Bonchev–Trinajstić information content (AvgIpc) is 2.38. The van der Waals surface area contributed by atoms with Gasteiger partial charge in [-0.25, -0.2) is 0 Å². The number of anilines is 1. The molecule has 0 atom stereocenters. The van der Waals surface area contributed by atoms with Crippen molar-refractivity contribution in [2.75, 3.05) is 11.9 Å². The van der Waals surface area contributed by atoms with Crippen molar-refractivity contribution >= 4 is 34.5 Å². The quantitative estimate of drug-likeness (QED) is 0.880. The van der Waals surface area contributed by atoms with Crippen molar-refractivity contribution in [2.24, 2.45) is 5.73 Å². The Kier molecular flexibility index (Phi) is 4.57. The van der Waals surface area contributed by atoms with Crippen LogP contribution in [0.4, 0.5) is 5.69 Å². The summed E-state index contributed by atoms with van der Waals surface area (Å²) in [6, 6.07) is 11.7. The Morgan fingerprint density at radius 3 is 2.70 bits per heavy atom. The number of halogens is 1. The van der Waals surface area contributed by atoms with E-state index in [-0.39, 0.29) is 0 Å². The van der Waals surface area contributed by atoms with Crippen LogP contribution < -0.4 is 10.6 Å². The largest absolute Gasteiger partial charge is 0.389 e. The van der Waals surface area contributed by atoms with Crippen LogP contribution >= 0.6 is 23.8 Å². The first-order valence-electron chi connectivity index (χ1n) is 6.20. The molecule has 0 spiro atoms. The Hall–Kier alpha value is -1.65. The highest BCUT2D eigenvalue weighted by Crippen LogP contribution is 2.24. The lowest BCUT2D eigenvalue weighted by Crippen LogP contribution is -2.18. The van der Waals surface area contributed by atoms with Gasteiger partial charge < -0.3 is 10.6 Å². The molecule has 3 nitrogen and oxygen atoms in total. The van der Waals surface area contributed by atoms with E-state index in [0.717, 1.165) is 17.1 Å². The van der Waals surface area contributed by atoms with E-state index in [1.165, 1.54) is 0 Å². The maximum absolute atomic E-state index is 6.19. The van der Waals surface area contributed by atoms with Crippen molar-refractivity contribution < 1.29 is 0 Å². The van der Waals surface area contributed by atoms with Crippen molar-refractivity contribution in [2.45, 2.75) is 13.5 Å². The Morgan fingerprint density at radius 1 is 1.35 bits per heavy atom. The first kappa shape index (κ1) is 14.8. The van der Waals surface area contributed by atoms with Gasteiger partial charge in [0.15, 0.2) is 0 Å². The zero-order valence-corrected chi connectivity index (χ0v) is 13.0. The first-order chi connectivity index (χ1) is 9.47. The number of benzene rings is 1. The van der Waals surface area contributed by atoms with Crippen LogP contribution in [0.3, 0.4) is 0 Å². The molecule has 0 aliphatic rings. The number of nitrogens with two attached hydrogens (primary N) is 1. The Morgan fingerprint density at radius 2 is 2.10 bits per heavy atom. The molecule has 1 heterocycles. The van der Waals surface area contributed by atoms with Gasteiger partial charge in [0.25, 0.3) is 0 Å². The molecule has 1 aromatic heterocycles. The molecule has 2 aromatic rings. The molecule has 0 fully saturated rings. The lowest BCUT2D eigenvalue weighted by Gasteiger charge is -2.20. The molecular formula is C15H16ClN3S. The normalized spacial score (nSPS) is 10.3. The molecule has 0 radical (unpaired) electrons. The van der Waals surface area contributed by atoms with Gasteiger partial charge >= 0.3 is 0 Å². The number of hydrogen-bond acceptors (Lipinski definition) is 3. The summed E-state index contributed by atoms with van der Waals surface area (Å²) < 4.78 is 0. The van der Waals surface area contributed by atoms with E-state index in [9.17, 15) is 0 Å². The zero-order chi connectivity index (χ0) is 14.7. The Bertz CT molecular complexity index is 643. The highest BCUT2D eigenvalue weighted by molar-refractivity contribution is 7.80. The van der Waals surface area contributed by atoms with Gasteiger partial charge in [0.2, 0.25) is 0 Å². The highest BCUT2D eigenvalue weighted by atomic mass is 35.5. The monoisotopic (exact) mass is 305 g/mol. The summed E-state index contributed by atoms with van der Waals surface area (Å²) in [7, 11) is 2.00. The summed E-state index contributed by atoms with van der Waals surface area (Å²) in [5, 5.41) is 0.569. The van der Waals surface area contributed by atoms with E-state index >= 15 is 0 Å². The minimum Gasteiger partial charge on any atom is -0.389 e. The summed E-state index contributed by atoms with van der Waals surface area (Å²) in [5.74, 6) is 0. The second-order valence-corrected chi connectivity index (χ2v) is 5.50. The summed E-state index contributed by atoms with van der Waals surface area (Å²) in [5.41, 5.74) is 9.33. The smallest absolute Gasteiger partial charge is 0.105 e. The van der Waals surface area contributed by atoms with Crippen LogP contribution in [-0.4, -0.2) is 17.0 Å². The van der Waals surface area contributed by atoms with Gasteiger partial charge in [0, 0.05) is 24.0 Å². The van der Waals surface area contributed by atoms with Crippen molar-refractivity contribution in [3.63, 3.8) is 0 Å². The molecular weight excluding hydrogens is 290 g/mol. The number of nitrogens with zero attached hydrogens (tertiary/aromatic N) is 2. The number of hydrogen-bond donors (Lipinski definition) is 1. The van der Waals surface area contributed by atoms with E-state index in [0.29, 0.717) is 22.1 Å². The lowest BCUT2D eigenvalue weighted by atomic mass is 10.2. The van der Waals surface area contributed by atoms with E-state index in [1.54, 1.807) is 0 Å². The lowest BCUT2D eigenvalue weighted by molar-refractivity contribution is 0.877. The van der Waals surface area contributed by atoms with Crippen LogP contribution in [0.5, 0.6) is 0 Å². The molecule has 0 aliphatic carbocycles. The van der Waals surface area contributed by atoms with Crippen molar-refractivity contribution in [3.05, 3.63) is 58.4 Å². The van der Waals surface area contributed by atoms with Crippen molar-refractivity contribution in [3.8, 4) is 0 Å². The fourth-order valence-electron chi connectivity index (χ4n) is 1.96. The minimum atomic E-state index is 0.310. The number of thiocarbonyl (C=S) groups is 1. The van der Waals surface area contributed by atoms with Crippen LogP contribution in [0.2, 0.25) is 5.02 Å². The Balaban J connectivity index is 2.19. The predicted octanol–water partition coefficient (Wildman–Crippen LogP) is 3.31. The van der Waals surface area contributed by atoms with Gasteiger partial charge in [-0.2, -0.15) is 0 Å². The van der Waals surface area contributed by atoms with Crippen LogP contribution in [0.15, 0.2) is 36.4 Å². The van der Waals surface area contributed by atoms with Gasteiger partial charge in [0.1, 0.15) is 4.99 Å². The summed E-state index contributed by atoms with van der Waals surface area (Å²) in [6.45, 7) is 2.70. The fraction of sp³-hybridized carbons (Fsp3) is 0.200. The van der Waals surface area contributed by atoms with E-state index in [2.05, 4.69) is 9.88 Å². The van der Waals surface area contributed by atoms with Gasteiger partial charge in [-0.05, 0) is 37.3 Å². The number of aromatic nitrogens is 1. The molecule has 0 saturated heterocycles. The molecule has 0 saturated carbocycles. The zero-order valence-electron chi connectivity index (χ0n) is 11.4. The van der Waals surface area contributed by atoms with Crippen molar-refractivity contribution in [1.29, 1.82) is 0 Å². The maximum Gasteiger partial charge on any atom is 0.105 e.